The summed E-state index contributed by atoms with van der Waals surface area (Å²) in [5.41, 5.74) is 1.00. The lowest BCUT2D eigenvalue weighted by Gasteiger charge is -2.15. The molecular formula is C11H14ClNO. The number of anilines is 1. The Morgan fingerprint density at radius 2 is 2.07 bits per heavy atom. The number of rotatable bonds is 5. The van der Waals surface area contributed by atoms with Gasteiger partial charge in [-0.25, -0.2) is 0 Å². The Kier molecular flexibility index (Phi) is 4.47. The molecule has 0 spiro atoms. The Morgan fingerprint density at radius 1 is 1.43 bits per heavy atom. The number of carbonyl (C=O) groups is 1. The van der Waals surface area contributed by atoms with E-state index in [-0.39, 0.29) is 6.04 Å². The van der Waals surface area contributed by atoms with E-state index in [1.54, 1.807) is 0 Å². The normalized spacial score (nSPS) is 12.1. The number of halogens is 1. The molecule has 0 aliphatic carbocycles. The van der Waals surface area contributed by atoms with E-state index in [2.05, 4.69) is 12.2 Å². The molecule has 1 aromatic rings. The summed E-state index contributed by atoms with van der Waals surface area (Å²) in [5.74, 6) is 0. The summed E-state index contributed by atoms with van der Waals surface area (Å²) < 4.78 is 0. The quantitative estimate of drug-likeness (QED) is 0.759. The molecule has 0 aliphatic heterocycles. The van der Waals surface area contributed by atoms with Crippen molar-refractivity contribution >= 4 is 23.6 Å². The van der Waals surface area contributed by atoms with Gasteiger partial charge in [-0.05, 0) is 30.7 Å². The monoisotopic (exact) mass is 211 g/mol. The van der Waals surface area contributed by atoms with Gasteiger partial charge in [0.1, 0.15) is 6.29 Å². The topological polar surface area (TPSA) is 29.1 Å². The van der Waals surface area contributed by atoms with Gasteiger partial charge in [-0.1, -0.05) is 18.5 Å². The van der Waals surface area contributed by atoms with Crippen LogP contribution >= 0.6 is 11.6 Å². The third kappa shape index (κ3) is 3.38. The fraction of sp³-hybridized carbons (Fsp3) is 0.364. The molecular weight excluding hydrogens is 198 g/mol. The van der Waals surface area contributed by atoms with Crippen molar-refractivity contribution in [3.63, 3.8) is 0 Å². The maximum atomic E-state index is 10.4. The Balaban J connectivity index is 2.57. The molecule has 1 rings (SSSR count). The van der Waals surface area contributed by atoms with E-state index in [1.165, 1.54) is 0 Å². The molecule has 0 aliphatic rings. The summed E-state index contributed by atoms with van der Waals surface area (Å²) in [7, 11) is 0. The molecule has 0 unspecified atom stereocenters. The van der Waals surface area contributed by atoms with E-state index >= 15 is 0 Å². The standard InChI is InChI=1S/C11H14ClNO/c1-2-10(7-8-14)13-11-5-3-9(12)4-6-11/h3-6,8,10,13H,2,7H2,1H3/t10-/m0/s1. The highest BCUT2D eigenvalue weighted by Crippen LogP contribution is 2.15. The van der Waals surface area contributed by atoms with Gasteiger partial charge in [-0.3, -0.25) is 0 Å². The molecule has 14 heavy (non-hydrogen) atoms. The van der Waals surface area contributed by atoms with E-state index in [9.17, 15) is 4.79 Å². The Bertz CT molecular complexity index is 284. The lowest BCUT2D eigenvalue weighted by Crippen LogP contribution is -2.18. The van der Waals surface area contributed by atoms with Gasteiger partial charge in [0.15, 0.2) is 0 Å². The van der Waals surface area contributed by atoms with Crippen molar-refractivity contribution in [1.29, 1.82) is 0 Å². The highest BCUT2D eigenvalue weighted by atomic mass is 35.5. The molecule has 0 saturated carbocycles. The first-order valence-electron chi connectivity index (χ1n) is 4.72. The minimum Gasteiger partial charge on any atom is -0.382 e. The molecule has 0 amide bonds. The van der Waals surface area contributed by atoms with Crippen LogP contribution in [0.1, 0.15) is 19.8 Å². The number of carbonyl (C=O) groups excluding carboxylic acids is 1. The highest BCUT2D eigenvalue weighted by molar-refractivity contribution is 6.30. The fourth-order valence-corrected chi connectivity index (χ4v) is 1.35. The van der Waals surface area contributed by atoms with Crippen LogP contribution < -0.4 is 5.32 Å². The second-order valence-electron chi connectivity index (χ2n) is 3.16. The fourth-order valence-electron chi connectivity index (χ4n) is 1.23. The molecule has 2 nitrogen and oxygen atoms in total. The van der Waals surface area contributed by atoms with Crippen LogP contribution in [-0.4, -0.2) is 12.3 Å². The van der Waals surface area contributed by atoms with E-state index in [4.69, 9.17) is 11.6 Å². The second-order valence-corrected chi connectivity index (χ2v) is 3.60. The molecule has 0 aromatic heterocycles. The second kappa shape index (κ2) is 5.66. The van der Waals surface area contributed by atoms with Crippen LogP contribution in [0.5, 0.6) is 0 Å². The zero-order valence-corrected chi connectivity index (χ0v) is 8.92. The molecule has 1 aromatic carbocycles. The Morgan fingerprint density at radius 3 is 2.57 bits per heavy atom. The number of hydrogen-bond donors (Lipinski definition) is 1. The number of aldehydes is 1. The van der Waals surface area contributed by atoms with Gasteiger partial charge in [-0.2, -0.15) is 0 Å². The molecule has 1 atom stereocenters. The van der Waals surface area contributed by atoms with Crippen molar-refractivity contribution in [2.45, 2.75) is 25.8 Å². The van der Waals surface area contributed by atoms with Crippen molar-refractivity contribution in [2.24, 2.45) is 0 Å². The van der Waals surface area contributed by atoms with E-state index < -0.39 is 0 Å². The van der Waals surface area contributed by atoms with Crippen molar-refractivity contribution in [3.8, 4) is 0 Å². The smallest absolute Gasteiger partial charge is 0.122 e. The van der Waals surface area contributed by atoms with E-state index in [0.717, 1.165) is 23.4 Å². The maximum absolute atomic E-state index is 10.4. The molecule has 1 N–H and O–H groups in total. The molecule has 0 heterocycles. The Labute approximate surface area is 89.3 Å². The largest absolute Gasteiger partial charge is 0.382 e. The first kappa shape index (κ1) is 11.1. The van der Waals surface area contributed by atoms with Gasteiger partial charge in [-0.15, -0.1) is 0 Å². The van der Waals surface area contributed by atoms with E-state index in [1.807, 2.05) is 24.3 Å². The van der Waals surface area contributed by atoms with Crippen molar-refractivity contribution in [3.05, 3.63) is 29.3 Å². The van der Waals surface area contributed by atoms with Crippen LogP contribution in [0.25, 0.3) is 0 Å². The van der Waals surface area contributed by atoms with Crippen LogP contribution in [0.4, 0.5) is 5.69 Å². The van der Waals surface area contributed by atoms with Gasteiger partial charge < -0.3 is 10.1 Å². The summed E-state index contributed by atoms with van der Waals surface area (Å²) in [6.07, 6.45) is 2.41. The third-order valence-corrected chi connectivity index (χ3v) is 2.34. The average Bonchev–Trinajstić information content (AvgIpc) is 2.20. The van der Waals surface area contributed by atoms with Gasteiger partial charge in [0.2, 0.25) is 0 Å². The minimum absolute atomic E-state index is 0.216. The van der Waals surface area contributed by atoms with Gasteiger partial charge in [0.05, 0.1) is 0 Å². The lowest BCUT2D eigenvalue weighted by atomic mass is 10.1. The first-order valence-corrected chi connectivity index (χ1v) is 5.09. The maximum Gasteiger partial charge on any atom is 0.122 e. The summed E-state index contributed by atoms with van der Waals surface area (Å²) in [6, 6.07) is 7.70. The lowest BCUT2D eigenvalue weighted by molar-refractivity contribution is -0.108. The highest BCUT2D eigenvalue weighted by Gasteiger charge is 2.04. The summed E-state index contributed by atoms with van der Waals surface area (Å²) in [5, 5.41) is 3.99. The minimum atomic E-state index is 0.216. The van der Waals surface area contributed by atoms with Crippen LogP contribution in [0.15, 0.2) is 24.3 Å². The number of nitrogens with one attached hydrogen (secondary N) is 1. The summed E-state index contributed by atoms with van der Waals surface area (Å²) in [6.45, 7) is 2.05. The SMILES string of the molecule is CC[C@@H](CC=O)Nc1ccc(Cl)cc1. The van der Waals surface area contributed by atoms with Crippen LogP contribution in [0.3, 0.4) is 0 Å². The molecule has 76 valence electrons. The predicted molar refractivity (Wildman–Crippen MR) is 59.8 cm³/mol. The first-order chi connectivity index (χ1) is 6.76. The predicted octanol–water partition coefficient (Wildman–Crippen LogP) is 3.12. The summed E-state index contributed by atoms with van der Waals surface area (Å²) >= 11 is 5.76. The number of hydrogen-bond acceptors (Lipinski definition) is 2. The van der Waals surface area contributed by atoms with E-state index in [0.29, 0.717) is 6.42 Å². The third-order valence-electron chi connectivity index (χ3n) is 2.09. The number of benzene rings is 1. The molecule has 0 bridgehead atoms. The van der Waals surface area contributed by atoms with Crippen molar-refractivity contribution in [1.82, 2.24) is 0 Å². The van der Waals surface area contributed by atoms with Gasteiger partial charge >= 0.3 is 0 Å². The van der Waals surface area contributed by atoms with Crippen LogP contribution in [-0.2, 0) is 4.79 Å². The zero-order valence-electron chi connectivity index (χ0n) is 8.16. The molecule has 0 saturated heterocycles. The van der Waals surface area contributed by atoms with Crippen LogP contribution in [0, 0.1) is 0 Å². The summed E-state index contributed by atoms with van der Waals surface area (Å²) in [4.78, 5) is 10.4. The zero-order chi connectivity index (χ0) is 10.4. The van der Waals surface area contributed by atoms with Gasteiger partial charge in [0, 0.05) is 23.2 Å². The van der Waals surface area contributed by atoms with Crippen LogP contribution in [0.2, 0.25) is 5.02 Å². The molecule has 0 fully saturated rings. The van der Waals surface area contributed by atoms with Crippen molar-refractivity contribution < 1.29 is 4.79 Å². The Hall–Kier alpha value is -1.02. The van der Waals surface area contributed by atoms with Gasteiger partial charge in [0.25, 0.3) is 0 Å². The molecule has 3 heteroatoms. The van der Waals surface area contributed by atoms with Crippen molar-refractivity contribution in [2.75, 3.05) is 5.32 Å². The molecule has 0 radical (unpaired) electrons. The average molecular weight is 212 g/mol.